The fourth-order valence-electron chi connectivity index (χ4n) is 3.21. The first-order chi connectivity index (χ1) is 9.04. The number of nitrogens with zero attached hydrogens (tertiary/aromatic N) is 2. The van der Waals surface area contributed by atoms with Crippen LogP contribution in [-0.2, 0) is 9.53 Å². The lowest BCUT2D eigenvalue weighted by Crippen LogP contribution is -2.52. The quantitative estimate of drug-likeness (QED) is 0.736. The van der Waals surface area contributed by atoms with Crippen LogP contribution < -0.4 is 0 Å². The van der Waals surface area contributed by atoms with E-state index in [0.717, 1.165) is 38.1 Å². The molecule has 1 amide bonds. The molecule has 5 heteroatoms. The lowest BCUT2D eigenvalue weighted by molar-refractivity contribution is -0.139. The van der Waals surface area contributed by atoms with Gasteiger partial charge in [0.2, 0.25) is 5.91 Å². The summed E-state index contributed by atoms with van der Waals surface area (Å²) in [6.07, 6.45) is 0.247. The Kier molecular flexibility index (Phi) is 5.26. The molecule has 2 aliphatic rings. The summed E-state index contributed by atoms with van der Waals surface area (Å²) in [7, 11) is 0. The molecule has 0 saturated carbocycles. The number of alkyl halides is 1. The van der Waals surface area contributed by atoms with Crippen molar-refractivity contribution in [1.29, 1.82) is 0 Å². The van der Waals surface area contributed by atoms with E-state index in [4.69, 9.17) is 4.74 Å². The number of halogens is 1. The molecule has 4 atom stereocenters. The van der Waals surface area contributed by atoms with Crippen LogP contribution in [0, 0.1) is 11.8 Å². The highest BCUT2D eigenvalue weighted by Gasteiger charge is 2.43. The Morgan fingerprint density at radius 1 is 1.16 bits per heavy atom. The summed E-state index contributed by atoms with van der Waals surface area (Å²) < 4.78 is 5.79. The number of carbonyl (C=O) groups is 1. The average molecular weight is 333 g/mol. The highest BCUT2D eigenvalue weighted by molar-refractivity contribution is 9.09. The average Bonchev–Trinajstić information content (AvgIpc) is 2.64. The molecule has 0 aliphatic carbocycles. The standard InChI is InChI=1S/C14H25BrN2O2/c1-10-11(2)19-12(3)13(10)14(18)17-8-6-16(5-4-15)7-9-17/h10-13H,4-9H2,1-3H3. The van der Waals surface area contributed by atoms with Crippen molar-refractivity contribution in [3.05, 3.63) is 0 Å². The molecule has 0 radical (unpaired) electrons. The van der Waals surface area contributed by atoms with Crippen molar-refractivity contribution in [2.75, 3.05) is 38.1 Å². The molecule has 0 aromatic rings. The SMILES string of the molecule is CC1OC(C)C(C(=O)N2CCN(CCBr)CC2)C1C. The van der Waals surface area contributed by atoms with Crippen LogP contribution in [0.5, 0.6) is 0 Å². The Hall–Kier alpha value is -0.130. The van der Waals surface area contributed by atoms with E-state index in [1.165, 1.54) is 0 Å². The van der Waals surface area contributed by atoms with Gasteiger partial charge in [-0.15, -0.1) is 0 Å². The molecule has 4 nitrogen and oxygen atoms in total. The lowest BCUT2D eigenvalue weighted by atomic mass is 9.88. The monoisotopic (exact) mass is 332 g/mol. The van der Waals surface area contributed by atoms with E-state index in [2.05, 4.69) is 34.7 Å². The largest absolute Gasteiger partial charge is 0.374 e. The number of carbonyl (C=O) groups excluding carboxylic acids is 1. The molecule has 2 rings (SSSR count). The van der Waals surface area contributed by atoms with Gasteiger partial charge in [-0.2, -0.15) is 0 Å². The highest BCUT2D eigenvalue weighted by atomic mass is 79.9. The summed E-state index contributed by atoms with van der Waals surface area (Å²) >= 11 is 3.47. The van der Waals surface area contributed by atoms with Crippen LogP contribution in [0.2, 0.25) is 0 Å². The van der Waals surface area contributed by atoms with Gasteiger partial charge in [-0.05, 0) is 19.8 Å². The fraction of sp³-hybridized carbons (Fsp3) is 0.929. The van der Waals surface area contributed by atoms with E-state index >= 15 is 0 Å². The maximum absolute atomic E-state index is 12.6. The second-order valence-electron chi connectivity index (χ2n) is 5.79. The first-order valence-corrected chi connectivity index (χ1v) is 8.39. The van der Waals surface area contributed by atoms with Gasteiger partial charge in [0.15, 0.2) is 0 Å². The van der Waals surface area contributed by atoms with Crippen LogP contribution in [0.1, 0.15) is 20.8 Å². The molecule has 0 aromatic carbocycles. The first kappa shape index (κ1) is 15.3. The van der Waals surface area contributed by atoms with Crippen molar-refractivity contribution in [2.24, 2.45) is 11.8 Å². The lowest BCUT2D eigenvalue weighted by Gasteiger charge is -2.36. The number of hydrogen-bond donors (Lipinski definition) is 0. The molecule has 2 saturated heterocycles. The predicted molar refractivity (Wildman–Crippen MR) is 79.5 cm³/mol. The summed E-state index contributed by atoms with van der Waals surface area (Å²) in [5, 5.41) is 1.00. The maximum atomic E-state index is 12.6. The van der Waals surface area contributed by atoms with Gasteiger partial charge in [0.1, 0.15) is 0 Å². The predicted octanol–water partition coefficient (Wildman–Crippen LogP) is 1.59. The summed E-state index contributed by atoms with van der Waals surface area (Å²) in [6.45, 7) is 11.0. The van der Waals surface area contributed by atoms with E-state index in [1.54, 1.807) is 0 Å². The second-order valence-corrected chi connectivity index (χ2v) is 6.58. The summed E-state index contributed by atoms with van der Waals surface area (Å²) in [5.41, 5.74) is 0. The fourth-order valence-corrected chi connectivity index (χ4v) is 3.72. The second kappa shape index (κ2) is 6.55. The van der Waals surface area contributed by atoms with Gasteiger partial charge in [-0.25, -0.2) is 0 Å². The number of ether oxygens (including phenoxy) is 1. The van der Waals surface area contributed by atoms with Gasteiger partial charge in [0, 0.05) is 38.1 Å². The van der Waals surface area contributed by atoms with Crippen LogP contribution >= 0.6 is 15.9 Å². The van der Waals surface area contributed by atoms with Crippen LogP contribution in [0.3, 0.4) is 0 Å². The van der Waals surface area contributed by atoms with Gasteiger partial charge >= 0.3 is 0 Å². The first-order valence-electron chi connectivity index (χ1n) is 7.27. The minimum atomic E-state index is 0.0396. The molecule has 0 N–H and O–H groups in total. The Bertz CT molecular complexity index is 319. The Morgan fingerprint density at radius 3 is 2.26 bits per heavy atom. The van der Waals surface area contributed by atoms with Crippen molar-refractivity contribution in [1.82, 2.24) is 9.80 Å². The summed E-state index contributed by atoms with van der Waals surface area (Å²) in [6, 6.07) is 0. The molecular weight excluding hydrogens is 308 g/mol. The van der Waals surface area contributed by atoms with Gasteiger partial charge in [0.25, 0.3) is 0 Å². The molecule has 0 spiro atoms. The van der Waals surface area contributed by atoms with Crippen LogP contribution in [-0.4, -0.2) is 66.0 Å². The topological polar surface area (TPSA) is 32.8 Å². The number of amides is 1. The zero-order chi connectivity index (χ0) is 14.0. The number of rotatable bonds is 3. The van der Waals surface area contributed by atoms with Crippen molar-refractivity contribution in [3.8, 4) is 0 Å². The third-order valence-electron chi connectivity index (χ3n) is 4.61. The van der Waals surface area contributed by atoms with Crippen molar-refractivity contribution in [2.45, 2.75) is 33.0 Å². The Balaban J connectivity index is 1.91. The van der Waals surface area contributed by atoms with Crippen LogP contribution in [0.15, 0.2) is 0 Å². The molecule has 2 heterocycles. The summed E-state index contributed by atoms with van der Waals surface area (Å²) in [4.78, 5) is 17.1. The van der Waals surface area contributed by atoms with Crippen LogP contribution in [0.4, 0.5) is 0 Å². The minimum absolute atomic E-state index is 0.0396. The highest BCUT2D eigenvalue weighted by Crippen LogP contribution is 2.33. The van der Waals surface area contributed by atoms with E-state index < -0.39 is 0 Å². The Morgan fingerprint density at radius 2 is 1.79 bits per heavy atom. The van der Waals surface area contributed by atoms with E-state index in [9.17, 15) is 4.79 Å². The van der Waals surface area contributed by atoms with Gasteiger partial charge in [-0.1, -0.05) is 22.9 Å². The number of piperazine rings is 1. The Labute approximate surface area is 124 Å². The van der Waals surface area contributed by atoms with Crippen molar-refractivity contribution >= 4 is 21.8 Å². The molecule has 2 fully saturated rings. The van der Waals surface area contributed by atoms with E-state index in [0.29, 0.717) is 11.8 Å². The zero-order valence-corrected chi connectivity index (χ0v) is 13.7. The van der Waals surface area contributed by atoms with Gasteiger partial charge in [0.05, 0.1) is 18.1 Å². The molecule has 110 valence electrons. The summed E-state index contributed by atoms with van der Waals surface area (Å²) in [5.74, 6) is 0.656. The number of hydrogen-bond acceptors (Lipinski definition) is 3. The van der Waals surface area contributed by atoms with Crippen molar-refractivity contribution in [3.63, 3.8) is 0 Å². The molecule has 2 aliphatic heterocycles. The van der Waals surface area contributed by atoms with E-state index in [-0.39, 0.29) is 18.1 Å². The molecule has 0 aromatic heterocycles. The van der Waals surface area contributed by atoms with Gasteiger partial charge in [-0.3, -0.25) is 9.69 Å². The smallest absolute Gasteiger partial charge is 0.228 e. The maximum Gasteiger partial charge on any atom is 0.228 e. The third-order valence-corrected chi connectivity index (χ3v) is 4.97. The minimum Gasteiger partial charge on any atom is -0.374 e. The van der Waals surface area contributed by atoms with Crippen LogP contribution in [0.25, 0.3) is 0 Å². The van der Waals surface area contributed by atoms with Gasteiger partial charge < -0.3 is 9.64 Å². The molecule has 4 unspecified atom stereocenters. The zero-order valence-electron chi connectivity index (χ0n) is 12.1. The normalized spacial score (nSPS) is 36.7. The van der Waals surface area contributed by atoms with E-state index in [1.807, 2.05) is 11.8 Å². The third kappa shape index (κ3) is 3.31. The molecule has 19 heavy (non-hydrogen) atoms. The molecular formula is C14H25BrN2O2. The van der Waals surface area contributed by atoms with Crippen molar-refractivity contribution < 1.29 is 9.53 Å². The molecule has 0 bridgehead atoms.